The van der Waals surface area contributed by atoms with Crippen LogP contribution in [0.25, 0.3) is 0 Å². The van der Waals surface area contributed by atoms with Gasteiger partial charge in [0.15, 0.2) is 18.4 Å². The molecule has 4 rings (SSSR count). The second-order valence-electron chi connectivity index (χ2n) is 6.84. The van der Waals surface area contributed by atoms with Crippen LogP contribution in [0.1, 0.15) is 5.82 Å². The molecule has 1 saturated heterocycles. The van der Waals surface area contributed by atoms with E-state index in [1.807, 2.05) is 24.0 Å². The summed E-state index contributed by atoms with van der Waals surface area (Å²) < 4.78 is 7.54. The van der Waals surface area contributed by atoms with Crippen LogP contribution in [0.2, 0.25) is 0 Å². The molecule has 0 spiro atoms. The summed E-state index contributed by atoms with van der Waals surface area (Å²) >= 11 is 2.23. The molecule has 1 unspecified atom stereocenters. The number of hydrogen-bond acceptors (Lipinski definition) is 11. The van der Waals surface area contributed by atoms with Crippen molar-refractivity contribution in [2.24, 2.45) is 12.2 Å². The molecule has 2 atom stereocenters. The van der Waals surface area contributed by atoms with E-state index in [0.717, 1.165) is 16.4 Å². The lowest BCUT2D eigenvalue weighted by Crippen LogP contribution is -2.71. The summed E-state index contributed by atoms with van der Waals surface area (Å²) in [6, 6.07) is 0.867. The van der Waals surface area contributed by atoms with Crippen molar-refractivity contribution in [2.75, 3.05) is 18.6 Å². The minimum absolute atomic E-state index is 0.0380. The van der Waals surface area contributed by atoms with Crippen LogP contribution in [-0.4, -0.2) is 66.7 Å². The molecule has 0 aliphatic carbocycles. The highest BCUT2D eigenvalue weighted by Gasteiger charge is 2.53. The van der Waals surface area contributed by atoms with E-state index in [2.05, 4.69) is 19.8 Å². The smallest absolute Gasteiger partial charge is 0.278 e. The largest absolute Gasteiger partial charge is 0.543 e. The average Bonchev–Trinajstić information content (AvgIpc) is 3.37. The first-order valence-corrected chi connectivity index (χ1v) is 11.0. The monoisotopic (exact) mass is 478 g/mol. The zero-order chi connectivity index (χ0) is 23.0. The number of hydrogen-bond donors (Lipinski definition) is 2. The number of thioether (sulfide) groups is 1. The number of nitrogens with zero attached hydrogens (tertiary/aromatic N) is 6. The van der Waals surface area contributed by atoms with Gasteiger partial charge in [0.2, 0.25) is 11.5 Å². The van der Waals surface area contributed by atoms with Gasteiger partial charge >= 0.3 is 0 Å². The molecule has 1 fully saturated rings. The summed E-state index contributed by atoms with van der Waals surface area (Å²) in [5.74, 6) is -2.43. The molecule has 168 valence electrons. The van der Waals surface area contributed by atoms with Crippen molar-refractivity contribution in [2.45, 2.75) is 18.0 Å². The molecule has 3 N–H and O–H groups in total. The first-order chi connectivity index (χ1) is 15.3. The van der Waals surface area contributed by atoms with E-state index in [4.69, 9.17) is 10.6 Å². The van der Waals surface area contributed by atoms with Crippen LogP contribution in [-0.2, 0) is 32.8 Å². The molecule has 0 saturated carbocycles. The molecule has 2 aliphatic heterocycles. The number of rotatable bonds is 7. The highest BCUT2D eigenvalue weighted by atomic mass is 32.2. The van der Waals surface area contributed by atoms with Gasteiger partial charge < -0.3 is 25.8 Å². The minimum atomic E-state index is -1.44. The van der Waals surface area contributed by atoms with E-state index in [-0.39, 0.29) is 28.9 Å². The number of fused-ring (bicyclic) bond motifs is 1. The van der Waals surface area contributed by atoms with Gasteiger partial charge in [-0.2, -0.15) is 14.0 Å². The van der Waals surface area contributed by atoms with Gasteiger partial charge in [0.1, 0.15) is 25.1 Å². The molecule has 15 heteroatoms. The van der Waals surface area contributed by atoms with Gasteiger partial charge in [0.05, 0.1) is 17.9 Å². The Balaban J connectivity index is 1.54. The zero-order valence-electron chi connectivity index (χ0n) is 16.9. The summed E-state index contributed by atoms with van der Waals surface area (Å²) in [6.07, 6.45) is 3.62. The van der Waals surface area contributed by atoms with Crippen LogP contribution in [0, 0.1) is 0 Å². The number of nitrogens with one attached hydrogen (secondary N) is 1. The fourth-order valence-corrected chi connectivity index (χ4v) is 5.19. The van der Waals surface area contributed by atoms with Crippen molar-refractivity contribution in [3.05, 3.63) is 35.6 Å². The molecule has 0 aromatic carbocycles. The number of carbonyl (C=O) groups excluding carboxylic acids is 3. The van der Waals surface area contributed by atoms with Crippen LogP contribution in [0.3, 0.4) is 0 Å². The Morgan fingerprint density at radius 2 is 2.28 bits per heavy atom. The molecule has 2 amide bonds. The predicted octanol–water partition coefficient (Wildman–Crippen LogP) is -2.80. The van der Waals surface area contributed by atoms with Crippen LogP contribution in [0.4, 0.5) is 5.13 Å². The van der Waals surface area contributed by atoms with Gasteiger partial charge in [0, 0.05) is 23.4 Å². The van der Waals surface area contributed by atoms with Gasteiger partial charge in [-0.15, -0.1) is 16.4 Å². The molecule has 13 nitrogen and oxygen atoms in total. The van der Waals surface area contributed by atoms with E-state index in [1.54, 1.807) is 10.9 Å². The maximum Gasteiger partial charge on any atom is 0.278 e. The number of carbonyl (C=O) groups is 3. The molecular formula is C17H18N8O5S2. The van der Waals surface area contributed by atoms with Crippen molar-refractivity contribution in [1.82, 2.24) is 24.3 Å². The average molecular weight is 479 g/mol. The second kappa shape index (κ2) is 8.58. The lowest BCUT2D eigenvalue weighted by molar-refractivity contribution is -0.752. The summed E-state index contributed by atoms with van der Waals surface area (Å²) in [6.45, 7) is 0.287. The van der Waals surface area contributed by atoms with E-state index in [0.29, 0.717) is 11.3 Å². The Morgan fingerprint density at radius 1 is 1.50 bits per heavy atom. The summed E-state index contributed by atoms with van der Waals surface area (Å²) in [4.78, 5) is 47.2. The Hall–Kier alpha value is -3.46. The third-order valence-corrected chi connectivity index (χ3v) is 6.78. The summed E-state index contributed by atoms with van der Waals surface area (Å²) in [5, 5.41) is 17.6. The molecule has 2 aliphatic rings. The van der Waals surface area contributed by atoms with Crippen molar-refractivity contribution in [1.29, 1.82) is 0 Å². The minimum Gasteiger partial charge on any atom is -0.543 e. The molecule has 32 heavy (non-hydrogen) atoms. The van der Waals surface area contributed by atoms with E-state index < -0.39 is 29.2 Å². The molecule has 0 radical (unpaired) electrons. The second-order valence-corrected chi connectivity index (χ2v) is 8.73. The predicted molar refractivity (Wildman–Crippen MR) is 111 cm³/mol. The fraction of sp³-hybridized carbons (Fsp3) is 0.353. The molecule has 0 bridgehead atoms. The Morgan fingerprint density at radius 3 is 2.88 bits per heavy atom. The molecule has 2 aromatic rings. The van der Waals surface area contributed by atoms with Crippen molar-refractivity contribution in [3.8, 4) is 0 Å². The Bertz CT molecular complexity index is 1160. The van der Waals surface area contributed by atoms with Crippen molar-refractivity contribution in [3.63, 3.8) is 0 Å². The lowest BCUT2D eigenvalue weighted by Gasteiger charge is -2.50. The normalized spacial score (nSPS) is 20.6. The van der Waals surface area contributed by atoms with Crippen LogP contribution in [0.5, 0.6) is 0 Å². The van der Waals surface area contributed by atoms with Crippen molar-refractivity contribution >= 4 is 51.9 Å². The zero-order valence-corrected chi connectivity index (χ0v) is 18.6. The Labute approximate surface area is 189 Å². The van der Waals surface area contributed by atoms with Crippen LogP contribution < -0.4 is 20.8 Å². The van der Waals surface area contributed by atoms with Gasteiger partial charge in [-0.1, -0.05) is 5.16 Å². The van der Waals surface area contributed by atoms with Gasteiger partial charge in [-0.05, 0) is 5.57 Å². The first-order valence-electron chi connectivity index (χ1n) is 9.22. The van der Waals surface area contributed by atoms with Gasteiger partial charge in [0.25, 0.3) is 11.8 Å². The number of aromatic nitrogens is 4. The van der Waals surface area contributed by atoms with Crippen molar-refractivity contribution < 1.29 is 29.0 Å². The number of β-lactam (4-membered cyclic amide) rings is 1. The highest BCUT2D eigenvalue weighted by Crippen LogP contribution is 2.40. The highest BCUT2D eigenvalue weighted by molar-refractivity contribution is 8.00. The number of oxime groups is 1. The molecular weight excluding hydrogens is 460 g/mol. The summed E-state index contributed by atoms with van der Waals surface area (Å²) in [5.41, 5.74) is 5.68. The SMILES string of the molecule is CON=C(C(=O)NC1C(=O)N2C(C(=O)[O-])=C(Cn3ccc[n+]3C)CS[C@H]12)c1nsc(N)n1. The Kier molecular flexibility index (Phi) is 5.84. The number of carboxylic acid groups (broad SMARTS) is 1. The van der Waals surface area contributed by atoms with Gasteiger partial charge in [-0.3, -0.25) is 14.5 Å². The first kappa shape index (κ1) is 21.8. The quantitative estimate of drug-likeness (QED) is 0.184. The number of carboxylic acids is 1. The number of nitrogen functional groups attached to an aromatic ring is 1. The number of aliphatic carboxylic acids is 1. The third-order valence-electron chi connectivity index (χ3n) is 4.90. The summed E-state index contributed by atoms with van der Waals surface area (Å²) in [7, 11) is 3.07. The van der Waals surface area contributed by atoms with Crippen LogP contribution >= 0.6 is 23.3 Å². The van der Waals surface area contributed by atoms with E-state index >= 15 is 0 Å². The number of aryl methyl sites for hydroxylation is 1. The third kappa shape index (κ3) is 3.80. The topological polar surface area (TPSA) is 172 Å². The van der Waals surface area contributed by atoms with E-state index in [9.17, 15) is 19.5 Å². The maximum absolute atomic E-state index is 12.8. The number of amides is 2. The standard InChI is InChI=1S/C17H18N8O5S2/c1-23-4-3-5-24(23)6-8-7-31-15-10(14(27)25(15)11(8)16(28)29)19-13(26)9(21-30-2)12-20-17(18)32-22-12/h3-5,10,15H,6-7H2,1-2H3,(H3-,18,19,20,22,26,28,29)/t10?,15-/m1/s1. The van der Waals surface area contributed by atoms with E-state index in [1.165, 1.54) is 18.9 Å². The van der Waals surface area contributed by atoms with Gasteiger partial charge in [-0.25, -0.2) is 0 Å². The number of nitrogens with two attached hydrogens (primary N) is 1. The molecule has 4 heterocycles. The maximum atomic E-state index is 12.8. The number of anilines is 1. The fourth-order valence-electron chi connectivity index (χ4n) is 3.42. The molecule has 2 aromatic heterocycles. The lowest BCUT2D eigenvalue weighted by atomic mass is 10.0. The van der Waals surface area contributed by atoms with Crippen LogP contribution in [0.15, 0.2) is 34.9 Å².